The van der Waals surface area contributed by atoms with Crippen molar-refractivity contribution in [2.45, 2.75) is 19.9 Å². The number of rotatable bonds is 5. The summed E-state index contributed by atoms with van der Waals surface area (Å²) in [6.45, 7) is 3.39. The predicted molar refractivity (Wildman–Crippen MR) is 71.5 cm³/mol. The third-order valence-electron chi connectivity index (χ3n) is 2.14. The third-order valence-corrected chi connectivity index (χ3v) is 2.63. The Morgan fingerprint density at radius 2 is 1.90 bits per heavy atom. The first kappa shape index (κ1) is 16.0. The predicted octanol–water partition coefficient (Wildman–Crippen LogP) is 0.861. The van der Waals surface area contributed by atoms with Crippen molar-refractivity contribution in [3.63, 3.8) is 0 Å². The molecule has 110 valence electrons. The van der Waals surface area contributed by atoms with E-state index in [1.165, 1.54) is 18.2 Å². The normalized spacial score (nSPS) is 11.2. The molecule has 1 aromatic rings. The highest BCUT2D eigenvalue weighted by Gasteiger charge is 2.23. The molecule has 2 N–H and O–H groups in total. The number of hydrogen-bond donors (Lipinski definition) is 2. The minimum Gasteiger partial charge on any atom is -0.478 e. The molecule has 8 heteroatoms. The number of amides is 1. The van der Waals surface area contributed by atoms with Crippen molar-refractivity contribution >= 4 is 22.0 Å². The summed E-state index contributed by atoms with van der Waals surface area (Å²) in [6.07, 6.45) is 0.810. The van der Waals surface area contributed by atoms with Crippen LogP contribution in [0.25, 0.3) is 0 Å². The summed E-state index contributed by atoms with van der Waals surface area (Å²) < 4.78 is 27.0. The standard InChI is InChI=1S/C12H15NO6S/c1-7(2)13-11(14)10-8(12(15)16)5-4-6-9(10)19-20(3,17)18/h4-7H,1-3H3,(H,13,14)(H,15,16). The molecule has 0 aliphatic carbocycles. The van der Waals surface area contributed by atoms with E-state index in [0.717, 1.165) is 6.26 Å². The van der Waals surface area contributed by atoms with Crippen molar-refractivity contribution in [3.8, 4) is 5.75 Å². The van der Waals surface area contributed by atoms with Gasteiger partial charge in [0.1, 0.15) is 0 Å². The van der Waals surface area contributed by atoms with E-state index in [9.17, 15) is 18.0 Å². The largest absolute Gasteiger partial charge is 0.478 e. The SMILES string of the molecule is CC(C)NC(=O)c1c(OS(C)(=O)=O)cccc1C(=O)O. The summed E-state index contributed by atoms with van der Waals surface area (Å²) in [5, 5.41) is 11.6. The minimum atomic E-state index is -3.88. The van der Waals surface area contributed by atoms with Gasteiger partial charge in [-0.2, -0.15) is 8.42 Å². The Balaban J connectivity index is 3.41. The third kappa shape index (κ3) is 4.23. The molecule has 0 unspecified atom stereocenters. The van der Waals surface area contributed by atoms with E-state index in [2.05, 4.69) is 9.50 Å². The lowest BCUT2D eigenvalue weighted by molar-refractivity contribution is 0.0690. The van der Waals surface area contributed by atoms with Crippen LogP contribution in [0.5, 0.6) is 5.75 Å². The Morgan fingerprint density at radius 3 is 2.35 bits per heavy atom. The Labute approximate surface area is 116 Å². The van der Waals surface area contributed by atoms with Crippen LogP contribution in [0.2, 0.25) is 0 Å². The Bertz CT molecular complexity index is 635. The molecule has 0 aromatic heterocycles. The van der Waals surface area contributed by atoms with Crippen molar-refractivity contribution in [3.05, 3.63) is 29.3 Å². The van der Waals surface area contributed by atoms with Crippen LogP contribution in [0.3, 0.4) is 0 Å². The molecule has 0 saturated heterocycles. The van der Waals surface area contributed by atoms with Crippen LogP contribution in [0.15, 0.2) is 18.2 Å². The van der Waals surface area contributed by atoms with Gasteiger partial charge in [0.25, 0.3) is 5.91 Å². The smallest absolute Gasteiger partial charge is 0.336 e. The number of aromatic carboxylic acids is 1. The molecule has 0 spiro atoms. The van der Waals surface area contributed by atoms with Crippen LogP contribution in [-0.2, 0) is 10.1 Å². The zero-order valence-corrected chi connectivity index (χ0v) is 12.0. The van der Waals surface area contributed by atoms with Crippen molar-refractivity contribution in [2.24, 2.45) is 0 Å². The number of benzene rings is 1. The molecule has 20 heavy (non-hydrogen) atoms. The van der Waals surface area contributed by atoms with Crippen molar-refractivity contribution in [1.29, 1.82) is 0 Å². The van der Waals surface area contributed by atoms with Crippen LogP contribution in [0.4, 0.5) is 0 Å². The highest BCUT2D eigenvalue weighted by molar-refractivity contribution is 7.86. The highest BCUT2D eigenvalue weighted by Crippen LogP contribution is 2.24. The number of hydrogen-bond acceptors (Lipinski definition) is 5. The quantitative estimate of drug-likeness (QED) is 0.781. The summed E-state index contributed by atoms with van der Waals surface area (Å²) in [5.74, 6) is -2.37. The van der Waals surface area contributed by atoms with E-state index >= 15 is 0 Å². The molecule has 0 aliphatic rings. The average molecular weight is 301 g/mol. The molecule has 0 atom stereocenters. The van der Waals surface area contributed by atoms with Gasteiger partial charge in [0.05, 0.1) is 17.4 Å². The molecular formula is C12H15NO6S. The van der Waals surface area contributed by atoms with Crippen molar-refractivity contribution in [1.82, 2.24) is 5.32 Å². The van der Waals surface area contributed by atoms with Gasteiger partial charge in [-0.15, -0.1) is 0 Å². The lowest BCUT2D eigenvalue weighted by atomic mass is 10.1. The van der Waals surface area contributed by atoms with E-state index in [1.54, 1.807) is 13.8 Å². The molecule has 0 heterocycles. The summed E-state index contributed by atoms with van der Waals surface area (Å²) in [6, 6.07) is 3.49. The molecule has 0 radical (unpaired) electrons. The van der Waals surface area contributed by atoms with Crippen LogP contribution < -0.4 is 9.50 Å². The lowest BCUT2D eigenvalue weighted by Gasteiger charge is -2.14. The second-order valence-corrected chi connectivity index (χ2v) is 5.97. The maximum absolute atomic E-state index is 12.0. The molecule has 0 bridgehead atoms. The molecule has 1 aromatic carbocycles. The fraction of sp³-hybridized carbons (Fsp3) is 0.333. The minimum absolute atomic E-state index is 0.240. The maximum atomic E-state index is 12.0. The van der Waals surface area contributed by atoms with Gasteiger partial charge in [-0.25, -0.2) is 4.79 Å². The lowest BCUT2D eigenvalue weighted by Crippen LogP contribution is -2.32. The second kappa shape index (κ2) is 5.91. The number of carboxylic acid groups (broad SMARTS) is 1. The topological polar surface area (TPSA) is 110 Å². The average Bonchev–Trinajstić information content (AvgIpc) is 2.25. The fourth-order valence-electron chi connectivity index (χ4n) is 1.51. The van der Waals surface area contributed by atoms with Gasteiger partial charge in [0.15, 0.2) is 5.75 Å². The highest BCUT2D eigenvalue weighted by atomic mass is 32.2. The molecular weight excluding hydrogens is 286 g/mol. The van der Waals surface area contributed by atoms with E-state index in [-0.39, 0.29) is 22.9 Å². The fourth-order valence-corrected chi connectivity index (χ4v) is 1.98. The molecule has 7 nitrogen and oxygen atoms in total. The van der Waals surface area contributed by atoms with Gasteiger partial charge in [0.2, 0.25) is 0 Å². The summed E-state index contributed by atoms with van der Waals surface area (Å²) in [5.41, 5.74) is -0.650. The van der Waals surface area contributed by atoms with E-state index in [1.807, 2.05) is 0 Å². The zero-order chi connectivity index (χ0) is 15.5. The molecule has 1 rings (SSSR count). The zero-order valence-electron chi connectivity index (χ0n) is 11.2. The van der Waals surface area contributed by atoms with E-state index in [4.69, 9.17) is 5.11 Å². The second-order valence-electron chi connectivity index (χ2n) is 4.40. The van der Waals surface area contributed by atoms with Crippen LogP contribution >= 0.6 is 0 Å². The first-order chi connectivity index (χ1) is 9.11. The summed E-state index contributed by atoms with van der Waals surface area (Å²) in [4.78, 5) is 23.2. The first-order valence-electron chi connectivity index (χ1n) is 5.68. The van der Waals surface area contributed by atoms with Gasteiger partial charge >= 0.3 is 16.1 Å². The number of nitrogens with one attached hydrogen (secondary N) is 1. The summed E-state index contributed by atoms with van der Waals surface area (Å²) >= 11 is 0. The van der Waals surface area contributed by atoms with E-state index in [0.29, 0.717) is 0 Å². The van der Waals surface area contributed by atoms with Gasteiger partial charge in [-0.1, -0.05) is 6.07 Å². The Morgan fingerprint density at radius 1 is 1.30 bits per heavy atom. The summed E-state index contributed by atoms with van der Waals surface area (Å²) in [7, 11) is -3.88. The molecule has 0 aliphatic heterocycles. The van der Waals surface area contributed by atoms with Crippen LogP contribution in [0.1, 0.15) is 34.6 Å². The van der Waals surface area contributed by atoms with Crippen LogP contribution in [0, 0.1) is 0 Å². The first-order valence-corrected chi connectivity index (χ1v) is 7.50. The molecule has 1 amide bonds. The van der Waals surface area contributed by atoms with Crippen molar-refractivity contribution in [2.75, 3.05) is 6.26 Å². The van der Waals surface area contributed by atoms with E-state index < -0.39 is 22.0 Å². The molecule has 0 fully saturated rings. The number of carbonyl (C=O) groups is 2. The van der Waals surface area contributed by atoms with Gasteiger partial charge in [-0.05, 0) is 26.0 Å². The molecule has 0 saturated carbocycles. The van der Waals surface area contributed by atoms with Gasteiger partial charge < -0.3 is 14.6 Å². The Kier molecular flexibility index (Phi) is 4.72. The van der Waals surface area contributed by atoms with Gasteiger partial charge in [-0.3, -0.25) is 4.79 Å². The Hall–Kier alpha value is -2.09. The van der Waals surface area contributed by atoms with Crippen molar-refractivity contribution < 1.29 is 27.3 Å². The maximum Gasteiger partial charge on any atom is 0.336 e. The van der Waals surface area contributed by atoms with Crippen LogP contribution in [-0.4, -0.2) is 37.7 Å². The van der Waals surface area contributed by atoms with Gasteiger partial charge in [0, 0.05) is 6.04 Å². The number of carbonyl (C=O) groups excluding carboxylic acids is 1. The number of carboxylic acids is 1. The monoisotopic (exact) mass is 301 g/mol.